The number of fused-ring (bicyclic) bond motifs is 1. The quantitative estimate of drug-likeness (QED) is 0.666. The van der Waals surface area contributed by atoms with Gasteiger partial charge >= 0.3 is 0 Å². The van der Waals surface area contributed by atoms with Crippen LogP contribution in [0.2, 0.25) is 0 Å². The highest BCUT2D eigenvalue weighted by atomic mass is 16.2. The van der Waals surface area contributed by atoms with Crippen molar-refractivity contribution in [3.8, 4) is 5.69 Å². The molecule has 0 aliphatic carbocycles. The maximum atomic E-state index is 12.6. The second kappa shape index (κ2) is 6.03. The van der Waals surface area contributed by atoms with Gasteiger partial charge in [-0.15, -0.1) is 0 Å². The van der Waals surface area contributed by atoms with E-state index in [1.165, 1.54) is 10.9 Å². The minimum absolute atomic E-state index is 0.155. The van der Waals surface area contributed by atoms with Crippen LogP contribution in [0.5, 0.6) is 0 Å². The van der Waals surface area contributed by atoms with Gasteiger partial charge in [0.15, 0.2) is 0 Å². The van der Waals surface area contributed by atoms with Crippen LogP contribution in [0.25, 0.3) is 16.6 Å². The number of hydrogen-bond donors (Lipinski definition) is 0. The molecule has 2 aromatic carbocycles. The topological polar surface area (TPSA) is 84.6 Å². The van der Waals surface area contributed by atoms with Gasteiger partial charge in [-0.05, 0) is 43.3 Å². The molecule has 0 atom stereocenters. The van der Waals surface area contributed by atoms with Gasteiger partial charge in [0.25, 0.3) is 17.4 Å². The molecule has 0 unspecified atom stereocenters. The van der Waals surface area contributed by atoms with Gasteiger partial charge in [0, 0.05) is 11.3 Å². The first-order chi connectivity index (χ1) is 12.5. The third-order valence-corrected chi connectivity index (χ3v) is 4.16. The largest absolute Gasteiger partial charge is 0.281 e. The molecule has 4 rings (SSSR count). The Bertz CT molecular complexity index is 1130. The van der Waals surface area contributed by atoms with Gasteiger partial charge in [0.05, 0.1) is 23.0 Å². The monoisotopic (exact) mass is 346 g/mol. The fourth-order valence-electron chi connectivity index (χ4n) is 2.85. The Morgan fingerprint density at radius 3 is 2.46 bits per heavy atom. The van der Waals surface area contributed by atoms with Crippen molar-refractivity contribution in [1.82, 2.24) is 14.6 Å². The molecule has 0 bridgehead atoms. The van der Waals surface area contributed by atoms with E-state index in [-0.39, 0.29) is 17.9 Å². The molecule has 2 amide bonds. The number of aromatic nitrogens is 2. The molecule has 7 nitrogen and oxygen atoms in total. The number of amides is 2. The molecular weight excluding hydrogens is 332 g/mol. The molecule has 0 radical (unpaired) electrons. The summed E-state index contributed by atoms with van der Waals surface area (Å²) in [7, 11) is 0. The minimum atomic E-state index is -0.484. The summed E-state index contributed by atoms with van der Waals surface area (Å²) in [6, 6.07) is 13.5. The molecule has 2 heterocycles. The molecule has 7 heteroatoms. The van der Waals surface area contributed by atoms with Crippen molar-refractivity contribution in [2.45, 2.75) is 13.3 Å². The van der Waals surface area contributed by atoms with E-state index in [4.69, 9.17) is 0 Å². The molecular formula is C19H14N4O3. The number of para-hydroxylation sites is 1. The van der Waals surface area contributed by atoms with Crippen LogP contribution in [0.15, 0.2) is 64.8 Å². The number of carbonyl (C=O) groups excluding carboxylic acids is 2. The molecule has 0 N–H and O–H groups in total. The van der Waals surface area contributed by atoms with Crippen LogP contribution in [-0.4, -0.2) is 32.1 Å². The van der Waals surface area contributed by atoms with Crippen LogP contribution >= 0.6 is 0 Å². The highest BCUT2D eigenvalue weighted by molar-refractivity contribution is 6.13. The summed E-state index contributed by atoms with van der Waals surface area (Å²) in [6.07, 6.45) is 1.61. The number of rotatable bonds is 2. The summed E-state index contributed by atoms with van der Waals surface area (Å²) in [5, 5.41) is 5.36. The summed E-state index contributed by atoms with van der Waals surface area (Å²) < 4.78 is 1.42. The highest BCUT2D eigenvalue weighted by Crippen LogP contribution is 2.15. The van der Waals surface area contributed by atoms with E-state index >= 15 is 0 Å². The smallest absolute Gasteiger partial charge is 0.272 e. The molecule has 128 valence electrons. The van der Waals surface area contributed by atoms with Gasteiger partial charge in [-0.3, -0.25) is 19.0 Å². The first-order valence-corrected chi connectivity index (χ1v) is 8.03. The van der Waals surface area contributed by atoms with Gasteiger partial charge in [-0.1, -0.05) is 12.1 Å². The molecule has 1 aromatic heterocycles. The lowest BCUT2D eigenvalue weighted by molar-refractivity contribution is -0.126. The van der Waals surface area contributed by atoms with Crippen molar-refractivity contribution in [2.75, 3.05) is 0 Å². The standard InChI is InChI=1S/C19H14N4O3/c1-12-10-17(24)23(21-12)18(25)13-6-8-14(9-7-13)22-11-20-16-5-3-2-4-15(16)19(22)26/h2-9,11H,10H2,1H3. The Labute approximate surface area is 148 Å². The SMILES string of the molecule is CC1=NN(C(=O)c2ccc(-n3cnc4ccccc4c3=O)cc2)C(=O)C1. The predicted octanol–water partition coefficient (Wildman–Crippen LogP) is 2.13. The van der Waals surface area contributed by atoms with Gasteiger partial charge in [0.1, 0.15) is 6.33 Å². The van der Waals surface area contributed by atoms with E-state index in [9.17, 15) is 14.4 Å². The number of benzene rings is 2. The number of imide groups is 1. The van der Waals surface area contributed by atoms with Crippen LogP contribution in [0, 0.1) is 0 Å². The Hall–Kier alpha value is -3.61. The van der Waals surface area contributed by atoms with E-state index in [0.29, 0.717) is 27.9 Å². The van der Waals surface area contributed by atoms with Crippen molar-refractivity contribution in [1.29, 1.82) is 0 Å². The first-order valence-electron chi connectivity index (χ1n) is 8.03. The maximum Gasteiger partial charge on any atom is 0.281 e. The van der Waals surface area contributed by atoms with Crippen molar-refractivity contribution >= 4 is 28.4 Å². The molecule has 1 aliphatic heterocycles. The predicted molar refractivity (Wildman–Crippen MR) is 96.2 cm³/mol. The van der Waals surface area contributed by atoms with Crippen LogP contribution in [0.3, 0.4) is 0 Å². The molecule has 0 fully saturated rings. The van der Waals surface area contributed by atoms with Crippen molar-refractivity contribution in [3.05, 3.63) is 70.8 Å². The zero-order valence-corrected chi connectivity index (χ0v) is 13.9. The number of nitrogens with zero attached hydrogens (tertiary/aromatic N) is 4. The van der Waals surface area contributed by atoms with Crippen LogP contribution in [-0.2, 0) is 4.79 Å². The van der Waals surface area contributed by atoms with Crippen LogP contribution in [0.1, 0.15) is 23.7 Å². The number of hydrogen-bond acceptors (Lipinski definition) is 5. The third-order valence-electron chi connectivity index (χ3n) is 4.16. The Kier molecular flexibility index (Phi) is 3.69. The van der Waals surface area contributed by atoms with Crippen molar-refractivity contribution in [2.24, 2.45) is 5.10 Å². The average Bonchev–Trinajstić information content (AvgIpc) is 3.00. The summed E-state index contributed by atoms with van der Waals surface area (Å²) in [4.78, 5) is 41.1. The summed E-state index contributed by atoms with van der Waals surface area (Å²) in [5.41, 5.74) is 1.94. The van der Waals surface area contributed by atoms with Gasteiger partial charge in [-0.25, -0.2) is 4.98 Å². The molecule has 26 heavy (non-hydrogen) atoms. The summed E-state index contributed by atoms with van der Waals surface area (Å²) in [6.45, 7) is 1.70. The van der Waals surface area contributed by atoms with E-state index in [2.05, 4.69) is 10.1 Å². The van der Waals surface area contributed by atoms with E-state index in [1.807, 2.05) is 6.07 Å². The van der Waals surface area contributed by atoms with E-state index < -0.39 is 5.91 Å². The first kappa shape index (κ1) is 15.9. The third kappa shape index (κ3) is 2.59. The fourth-order valence-corrected chi connectivity index (χ4v) is 2.85. The number of carbonyl (C=O) groups is 2. The Morgan fingerprint density at radius 1 is 1.04 bits per heavy atom. The number of hydrazone groups is 1. The zero-order valence-electron chi connectivity index (χ0n) is 13.9. The molecule has 0 saturated heterocycles. The molecule has 0 saturated carbocycles. The minimum Gasteiger partial charge on any atom is -0.272 e. The molecule has 1 aliphatic rings. The second-order valence-corrected chi connectivity index (χ2v) is 6.01. The summed E-state index contributed by atoms with van der Waals surface area (Å²) >= 11 is 0. The lowest BCUT2D eigenvalue weighted by Gasteiger charge is -2.11. The zero-order chi connectivity index (χ0) is 18.3. The lowest BCUT2D eigenvalue weighted by Crippen LogP contribution is -2.28. The van der Waals surface area contributed by atoms with Crippen molar-refractivity contribution in [3.63, 3.8) is 0 Å². The summed E-state index contributed by atoms with van der Waals surface area (Å²) in [5.74, 6) is -0.825. The van der Waals surface area contributed by atoms with Gasteiger partial charge < -0.3 is 0 Å². The van der Waals surface area contributed by atoms with Crippen LogP contribution < -0.4 is 5.56 Å². The van der Waals surface area contributed by atoms with Gasteiger partial charge in [-0.2, -0.15) is 10.1 Å². The Morgan fingerprint density at radius 2 is 1.77 bits per heavy atom. The van der Waals surface area contributed by atoms with E-state index in [1.54, 1.807) is 49.4 Å². The lowest BCUT2D eigenvalue weighted by atomic mass is 10.2. The maximum absolute atomic E-state index is 12.6. The van der Waals surface area contributed by atoms with Gasteiger partial charge in [0.2, 0.25) is 0 Å². The highest BCUT2D eigenvalue weighted by Gasteiger charge is 2.28. The van der Waals surface area contributed by atoms with E-state index in [0.717, 1.165) is 5.01 Å². The normalized spacial score (nSPS) is 14.0. The van der Waals surface area contributed by atoms with Crippen molar-refractivity contribution < 1.29 is 9.59 Å². The fraction of sp³-hybridized carbons (Fsp3) is 0.105. The van der Waals surface area contributed by atoms with Crippen LogP contribution in [0.4, 0.5) is 0 Å². The average molecular weight is 346 g/mol. The second-order valence-electron chi connectivity index (χ2n) is 6.01. The molecule has 3 aromatic rings. The Balaban J connectivity index is 1.69. The molecule has 0 spiro atoms.